The van der Waals surface area contributed by atoms with Crippen molar-refractivity contribution < 1.29 is 13.2 Å². The van der Waals surface area contributed by atoms with Crippen LogP contribution in [0.3, 0.4) is 0 Å². The molecule has 2 aromatic rings. The van der Waals surface area contributed by atoms with Crippen molar-refractivity contribution in [2.45, 2.75) is 19.1 Å². The van der Waals surface area contributed by atoms with Crippen molar-refractivity contribution in [1.82, 2.24) is 9.88 Å². The fourth-order valence-electron chi connectivity index (χ4n) is 1.79. The van der Waals surface area contributed by atoms with E-state index >= 15 is 0 Å². The van der Waals surface area contributed by atoms with Gasteiger partial charge in [-0.15, -0.1) is 0 Å². The number of rotatable bonds is 4. The molecule has 0 aliphatic rings. The first kappa shape index (κ1) is 14.1. The molecule has 0 saturated carbocycles. The standard InChI is InChI=1S/C12H14F3N3S/c1-18(5-4-12(13,14)15)7-8-2-3-9-10(6-8)19-11(16)17-9/h2-3,6H,4-5,7H2,1H3,(H2,16,17). The van der Waals surface area contributed by atoms with Gasteiger partial charge in [0, 0.05) is 13.1 Å². The molecule has 19 heavy (non-hydrogen) atoms. The third-order valence-corrected chi connectivity index (χ3v) is 3.55. The Morgan fingerprint density at radius 3 is 2.79 bits per heavy atom. The second-order valence-electron chi connectivity index (χ2n) is 4.46. The summed E-state index contributed by atoms with van der Waals surface area (Å²) in [5.74, 6) is 0. The van der Waals surface area contributed by atoms with Gasteiger partial charge >= 0.3 is 6.18 Å². The van der Waals surface area contributed by atoms with Gasteiger partial charge in [0.15, 0.2) is 5.13 Å². The number of anilines is 1. The summed E-state index contributed by atoms with van der Waals surface area (Å²) in [5.41, 5.74) is 7.39. The minimum atomic E-state index is -4.11. The Bertz CT molecular complexity index is 565. The molecule has 0 saturated heterocycles. The number of hydrogen-bond acceptors (Lipinski definition) is 4. The molecule has 104 valence electrons. The molecule has 0 atom stereocenters. The summed E-state index contributed by atoms with van der Waals surface area (Å²) in [4.78, 5) is 5.79. The second kappa shape index (κ2) is 5.34. The zero-order valence-electron chi connectivity index (χ0n) is 10.4. The van der Waals surface area contributed by atoms with Gasteiger partial charge in [-0.25, -0.2) is 4.98 Å². The van der Waals surface area contributed by atoms with Crippen LogP contribution in [-0.4, -0.2) is 29.7 Å². The number of nitrogens with two attached hydrogens (primary N) is 1. The van der Waals surface area contributed by atoms with Gasteiger partial charge in [-0.05, 0) is 24.7 Å². The molecule has 3 nitrogen and oxygen atoms in total. The van der Waals surface area contributed by atoms with E-state index in [9.17, 15) is 13.2 Å². The lowest BCUT2D eigenvalue weighted by molar-refractivity contribution is -0.137. The summed E-state index contributed by atoms with van der Waals surface area (Å²) in [7, 11) is 1.68. The van der Waals surface area contributed by atoms with Gasteiger partial charge < -0.3 is 10.6 Å². The van der Waals surface area contributed by atoms with E-state index in [4.69, 9.17) is 5.73 Å². The highest BCUT2D eigenvalue weighted by Gasteiger charge is 2.27. The van der Waals surface area contributed by atoms with Gasteiger partial charge in [-0.3, -0.25) is 0 Å². The molecular weight excluding hydrogens is 275 g/mol. The van der Waals surface area contributed by atoms with Crippen molar-refractivity contribution >= 4 is 26.7 Å². The molecule has 1 aromatic carbocycles. The van der Waals surface area contributed by atoms with Crippen molar-refractivity contribution in [3.63, 3.8) is 0 Å². The van der Waals surface area contributed by atoms with Crippen LogP contribution in [0.15, 0.2) is 18.2 Å². The minimum absolute atomic E-state index is 0.00757. The van der Waals surface area contributed by atoms with E-state index in [2.05, 4.69) is 4.98 Å². The van der Waals surface area contributed by atoms with Crippen LogP contribution in [0.1, 0.15) is 12.0 Å². The Hall–Kier alpha value is -1.34. The van der Waals surface area contributed by atoms with Crippen LogP contribution in [0.2, 0.25) is 0 Å². The third-order valence-electron chi connectivity index (χ3n) is 2.70. The van der Waals surface area contributed by atoms with Crippen molar-refractivity contribution in [3.05, 3.63) is 23.8 Å². The van der Waals surface area contributed by atoms with Crippen molar-refractivity contribution in [3.8, 4) is 0 Å². The summed E-state index contributed by atoms with van der Waals surface area (Å²) >= 11 is 1.38. The number of thiazole rings is 1. The average Bonchev–Trinajstić information content (AvgIpc) is 2.65. The molecule has 0 radical (unpaired) electrons. The Balaban J connectivity index is 2.00. The quantitative estimate of drug-likeness (QED) is 0.939. The number of alkyl halides is 3. The second-order valence-corrected chi connectivity index (χ2v) is 5.52. The van der Waals surface area contributed by atoms with E-state index < -0.39 is 12.6 Å². The van der Waals surface area contributed by atoms with Crippen LogP contribution >= 0.6 is 11.3 Å². The fourth-order valence-corrected chi connectivity index (χ4v) is 2.59. The zero-order chi connectivity index (χ0) is 14.0. The topological polar surface area (TPSA) is 42.2 Å². The van der Waals surface area contributed by atoms with E-state index in [1.807, 2.05) is 18.2 Å². The van der Waals surface area contributed by atoms with Gasteiger partial charge in [0.05, 0.1) is 16.6 Å². The lowest BCUT2D eigenvalue weighted by atomic mass is 10.2. The molecule has 7 heteroatoms. The monoisotopic (exact) mass is 289 g/mol. The summed E-state index contributed by atoms with van der Waals surface area (Å²) in [6, 6.07) is 5.63. The minimum Gasteiger partial charge on any atom is -0.375 e. The van der Waals surface area contributed by atoms with Crippen LogP contribution in [0.25, 0.3) is 10.2 Å². The average molecular weight is 289 g/mol. The lowest BCUT2D eigenvalue weighted by Crippen LogP contribution is -2.24. The first-order chi connectivity index (χ1) is 8.83. The predicted molar refractivity (Wildman–Crippen MR) is 71.0 cm³/mol. The number of nitrogen functional groups attached to an aromatic ring is 1. The van der Waals surface area contributed by atoms with Crippen molar-refractivity contribution in [2.75, 3.05) is 19.3 Å². The molecule has 0 spiro atoms. The van der Waals surface area contributed by atoms with E-state index in [-0.39, 0.29) is 6.54 Å². The Morgan fingerprint density at radius 2 is 2.11 bits per heavy atom. The maximum Gasteiger partial charge on any atom is 0.390 e. The van der Waals surface area contributed by atoms with Crippen LogP contribution < -0.4 is 5.73 Å². The van der Waals surface area contributed by atoms with Crippen LogP contribution in [0.5, 0.6) is 0 Å². The Labute approximate surface area is 112 Å². The van der Waals surface area contributed by atoms with Crippen LogP contribution in [-0.2, 0) is 6.54 Å². The Kier molecular flexibility index (Phi) is 3.96. The SMILES string of the molecule is CN(CCC(F)(F)F)Cc1ccc2nc(N)sc2c1. The third kappa shape index (κ3) is 4.07. The predicted octanol–water partition coefficient (Wildman–Crippen LogP) is 3.26. The van der Waals surface area contributed by atoms with Gasteiger partial charge in [0.1, 0.15) is 0 Å². The molecule has 0 unspecified atom stereocenters. The molecule has 1 aromatic heterocycles. The zero-order valence-corrected chi connectivity index (χ0v) is 11.2. The summed E-state index contributed by atoms with van der Waals surface area (Å²) in [6.45, 7) is 0.468. The summed E-state index contributed by atoms with van der Waals surface area (Å²) < 4.78 is 37.3. The van der Waals surface area contributed by atoms with Crippen molar-refractivity contribution in [1.29, 1.82) is 0 Å². The van der Waals surface area contributed by atoms with E-state index in [0.717, 1.165) is 15.8 Å². The molecule has 0 aliphatic heterocycles. The number of aromatic nitrogens is 1. The number of hydrogen-bond donors (Lipinski definition) is 1. The maximum absolute atomic E-state index is 12.1. The molecule has 0 amide bonds. The molecule has 2 N–H and O–H groups in total. The summed E-state index contributed by atoms with van der Waals surface area (Å²) in [6.07, 6.45) is -4.90. The molecule has 0 fully saturated rings. The highest BCUT2D eigenvalue weighted by Crippen LogP contribution is 2.25. The lowest BCUT2D eigenvalue weighted by Gasteiger charge is -2.17. The van der Waals surface area contributed by atoms with Gasteiger partial charge in [-0.1, -0.05) is 17.4 Å². The van der Waals surface area contributed by atoms with Gasteiger partial charge in [0.2, 0.25) is 0 Å². The van der Waals surface area contributed by atoms with E-state index in [1.54, 1.807) is 11.9 Å². The normalized spacial score (nSPS) is 12.5. The first-order valence-corrected chi connectivity index (χ1v) is 6.55. The molecule has 2 rings (SSSR count). The largest absolute Gasteiger partial charge is 0.390 e. The van der Waals surface area contributed by atoms with Gasteiger partial charge in [-0.2, -0.15) is 13.2 Å². The molecule has 0 aliphatic carbocycles. The smallest absolute Gasteiger partial charge is 0.375 e. The van der Waals surface area contributed by atoms with Gasteiger partial charge in [0.25, 0.3) is 0 Å². The number of fused-ring (bicyclic) bond motifs is 1. The number of benzene rings is 1. The van der Waals surface area contributed by atoms with E-state index in [0.29, 0.717) is 11.7 Å². The number of nitrogens with zero attached hydrogens (tertiary/aromatic N) is 2. The van der Waals surface area contributed by atoms with E-state index in [1.165, 1.54) is 11.3 Å². The van der Waals surface area contributed by atoms with Crippen LogP contribution in [0.4, 0.5) is 18.3 Å². The molecule has 0 bridgehead atoms. The fraction of sp³-hybridized carbons (Fsp3) is 0.417. The van der Waals surface area contributed by atoms with Crippen LogP contribution in [0, 0.1) is 0 Å². The molecule has 1 heterocycles. The van der Waals surface area contributed by atoms with Crippen molar-refractivity contribution in [2.24, 2.45) is 0 Å². The molecular formula is C12H14F3N3S. The summed E-state index contributed by atoms with van der Waals surface area (Å²) in [5, 5.41) is 0.498. The highest BCUT2D eigenvalue weighted by molar-refractivity contribution is 7.22. The maximum atomic E-state index is 12.1. The highest BCUT2D eigenvalue weighted by atomic mass is 32.1. The first-order valence-electron chi connectivity index (χ1n) is 5.74. The Morgan fingerprint density at radius 1 is 1.37 bits per heavy atom. The number of halogens is 3.